The molecule has 11 heteroatoms. The van der Waals surface area contributed by atoms with Gasteiger partial charge in [0.1, 0.15) is 4.88 Å². The zero-order valence-corrected chi connectivity index (χ0v) is 17.1. The average molecular weight is 447 g/mol. The quantitative estimate of drug-likeness (QED) is 0.522. The molecule has 31 heavy (non-hydrogen) atoms. The van der Waals surface area contributed by atoms with E-state index < -0.39 is 36.2 Å². The maximum Gasteiger partial charge on any atom is 0.348 e. The van der Waals surface area contributed by atoms with Crippen molar-refractivity contribution < 1.29 is 23.5 Å². The predicted molar refractivity (Wildman–Crippen MR) is 107 cm³/mol. The van der Waals surface area contributed by atoms with E-state index in [1.54, 1.807) is 29.9 Å². The van der Waals surface area contributed by atoms with Gasteiger partial charge in [-0.05, 0) is 35.9 Å². The normalized spacial score (nSPS) is 15.6. The zero-order chi connectivity index (χ0) is 22.0. The Morgan fingerprint density at radius 2 is 2.13 bits per heavy atom. The molecule has 0 aromatic carbocycles. The summed E-state index contributed by atoms with van der Waals surface area (Å²) < 4.78 is 27.7. The number of halogens is 2. The van der Waals surface area contributed by atoms with Crippen molar-refractivity contribution in [3.8, 4) is 5.69 Å². The van der Waals surface area contributed by atoms with E-state index in [1.165, 1.54) is 10.9 Å². The fraction of sp³-hybridized carbons (Fsp3) is 0.350. The maximum absolute atomic E-state index is 13.2. The lowest BCUT2D eigenvalue weighted by Gasteiger charge is -2.22. The van der Waals surface area contributed by atoms with Crippen molar-refractivity contribution in [2.45, 2.75) is 37.6 Å². The van der Waals surface area contributed by atoms with Crippen molar-refractivity contribution in [1.29, 1.82) is 0 Å². The maximum atomic E-state index is 13.2. The van der Waals surface area contributed by atoms with Crippen LogP contribution in [-0.4, -0.2) is 43.4 Å². The van der Waals surface area contributed by atoms with Crippen molar-refractivity contribution >= 4 is 23.2 Å². The first kappa shape index (κ1) is 21.0. The fourth-order valence-corrected chi connectivity index (χ4v) is 4.21. The van der Waals surface area contributed by atoms with Crippen LogP contribution in [0.2, 0.25) is 0 Å². The van der Waals surface area contributed by atoms with Crippen molar-refractivity contribution in [1.82, 2.24) is 25.3 Å². The minimum atomic E-state index is -2.66. The summed E-state index contributed by atoms with van der Waals surface area (Å²) in [4.78, 5) is 28.4. The number of nitrogens with zero attached hydrogens (tertiary/aromatic N) is 4. The number of thiophene rings is 1. The van der Waals surface area contributed by atoms with Gasteiger partial charge in [0, 0.05) is 31.2 Å². The molecule has 1 atom stereocenters. The van der Waals surface area contributed by atoms with E-state index in [9.17, 15) is 23.5 Å². The van der Waals surface area contributed by atoms with Crippen molar-refractivity contribution in [3.05, 3.63) is 58.3 Å². The highest BCUT2D eigenvalue weighted by molar-refractivity contribution is 7.12. The second kappa shape index (κ2) is 8.50. The van der Waals surface area contributed by atoms with Gasteiger partial charge < -0.3 is 10.4 Å². The zero-order valence-electron chi connectivity index (χ0n) is 16.2. The van der Waals surface area contributed by atoms with Gasteiger partial charge in [-0.25, -0.2) is 18.3 Å². The standard InChI is InChI=1S/C20H19F2N5O3S/c21-16(22)9-12(18(28)24-20(4-5-20)13-2-1-6-23-10-13)8-14-11-27(26-25-14)15-3-7-31-17(15)19(29)30/h1-3,6-7,10-12,16H,4-5,8-9H2,(H,24,28)(H,29,30). The number of hydrogen-bond acceptors (Lipinski definition) is 6. The lowest BCUT2D eigenvalue weighted by atomic mass is 9.97. The molecule has 0 aliphatic heterocycles. The van der Waals surface area contributed by atoms with Gasteiger partial charge >= 0.3 is 5.97 Å². The fourth-order valence-electron chi connectivity index (χ4n) is 3.50. The SMILES string of the molecule is O=C(O)c1sccc1-n1cc(CC(CC(F)F)C(=O)NC2(c3cccnc3)CC2)nn1. The molecule has 1 saturated carbocycles. The molecule has 1 fully saturated rings. The van der Waals surface area contributed by atoms with Crippen LogP contribution in [0, 0.1) is 5.92 Å². The van der Waals surface area contributed by atoms with Crippen LogP contribution in [-0.2, 0) is 16.8 Å². The Morgan fingerprint density at radius 3 is 2.77 bits per heavy atom. The Bertz CT molecular complexity index is 1080. The number of carbonyl (C=O) groups excluding carboxylic acids is 1. The van der Waals surface area contributed by atoms with Crippen LogP contribution in [0.1, 0.15) is 40.2 Å². The van der Waals surface area contributed by atoms with Crippen molar-refractivity contribution in [3.63, 3.8) is 0 Å². The van der Waals surface area contributed by atoms with Gasteiger partial charge in [0.25, 0.3) is 0 Å². The summed E-state index contributed by atoms with van der Waals surface area (Å²) in [5.41, 5.74) is 0.953. The van der Waals surface area contributed by atoms with E-state index in [-0.39, 0.29) is 11.3 Å². The number of carboxylic acids is 1. The highest BCUT2D eigenvalue weighted by Gasteiger charge is 2.46. The summed E-state index contributed by atoms with van der Waals surface area (Å²) >= 11 is 1.04. The Hall–Kier alpha value is -3.21. The number of aromatic carboxylic acids is 1. The van der Waals surface area contributed by atoms with Crippen molar-refractivity contribution in [2.24, 2.45) is 5.92 Å². The molecule has 8 nitrogen and oxygen atoms in total. The van der Waals surface area contributed by atoms with Crippen molar-refractivity contribution in [2.75, 3.05) is 0 Å². The number of pyridine rings is 1. The molecule has 0 bridgehead atoms. The molecule has 2 N–H and O–H groups in total. The molecule has 0 spiro atoms. The minimum Gasteiger partial charge on any atom is -0.477 e. The number of hydrogen-bond donors (Lipinski definition) is 2. The molecular weight excluding hydrogens is 428 g/mol. The van der Waals surface area contributed by atoms with E-state index >= 15 is 0 Å². The summed E-state index contributed by atoms with van der Waals surface area (Å²) in [7, 11) is 0. The minimum absolute atomic E-state index is 0.0359. The van der Waals surface area contributed by atoms with Crippen LogP contribution in [0.25, 0.3) is 5.69 Å². The van der Waals surface area contributed by atoms with Gasteiger partial charge in [-0.2, -0.15) is 0 Å². The number of rotatable bonds is 9. The van der Waals surface area contributed by atoms with E-state index in [0.29, 0.717) is 11.4 Å². The lowest BCUT2D eigenvalue weighted by molar-refractivity contribution is -0.127. The Morgan fingerprint density at radius 1 is 1.32 bits per heavy atom. The van der Waals surface area contributed by atoms with Gasteiger partial charge in [-0.15, -0.1) is 16.4 Å². The average Bonchev–Trinajstić information content (AvgIpc) is 3.14. The molecule has 1 aliphatic rings. The van der Waals surface area contributed by atoms with E-state index in [2.05, 4.69) is 20.6 Å². The molecule has 3 aromatic heterocycles. The third-order valence-corrected chi connectivity index (χ3v) is 6.13. The lowest BCUT2D eigenvalue weighted by Crippen LogP contribution is -2.40. The molecule has 3 heterocycles. The Balaban J connectivity index is 1.50. The monoisotopic (exact) mass is 447 g/mol. The number of carboxylic acid groups (broad SMARTS) is 1. The molecule has 3 aromatic rings. The van der Waals surface area contributed by atoms with Crippen LogP contribution in [0.3, 0.4) is 0 Å². The van der Waals surface area contributed by atoms with E-state index in [4.69, 9.17) is 0 Å². The highest BCUT2D eigenvalue weighted by Crippen LogP contribution is 2.45. The Kier molecular flexibility index (Phi) is 5.77. The van der Waals surface area contributed by atoms with Crippen LogP contribution >= 0.6 is 11.3 Å². The third kappa shape index (κ3) is 4.61. The predicted octanol–water partition coefficient (Wildman–Crippen LogP) is 3.04. The number of aromatic nitrogens is 4. The summed E-state index contributed by atoms with van der Waals surface area (Å²) in [5.74, 6) is -2.57. The molecule has 0 saturated heterocycles. The molecule has 1 aliphatic carbocycles. The van der Waals surface area contributed by atoms with Crippen LogP contribution in [0.5, 0.6) is 0 Å². The largest absolute Gasteiger partial charge is 0.477 e. The van der Waals surface area contributed by atoms with Gasteiger partial charge in [0.2, 0.25) is 12.3 Å². The number of alkyl halides is 2. The molecular formula is C20H19F2N5O3S. The molecule has 1 amide bonds. The van der Waals surface area contributed by atoms with Gasteiger partial charge in [0.15, 0.2) is 0 Å². The summed E-state index contributed by atoms with van der Waals surface area (Å²) in [6, 6.07) is 5.21. The molecule has 4 rings (SSSR count). The Labute approximate surface area is 179 Å². The topological polar surface area (TPSA) is 110 Å². The smallest absolute Gasteiger partial charge is 0.348 e. The first-order valence-corrected chi connectivity index (χ1v) is 10.5. The second-order valence-corrected chi connectivity index (χ2v) is 8.35. The van der Waals surface area contributed by atoms with Crippen LogP contribution < -0.4 is 5.32 Å². The second-order valence-electron chi connectivity index (χ2n) is 7.44. The summed E-state index contributed by atoms with van der Waals surface area (Å²) in [6.07, 6.45) is 2.90. The van der Waals surface area contributed by atoms with Crippen LogP contribution in [0.15, 0.2) is 42.2 Å². The van der Waals surface area contributed by atoms with Gasteiger partial charge in [-0.3, -0.25) is 9.78 Å². The van der Waals surface area contributed by atoms with Crippen LogP contribution in [0.4, 0.5) is 8.78 Å². The first-order valence-electron chi connectivity index (χ1n) is 9.61. The number of nitrogens with one attached hydrogen (secondary N) is 1. The van der Waals surface area contributed by atoms with Gasteiger partial charge in [-0.1, -0.05) is 11.3 Å². The molecule has 0 radical (unpaired) electrons. The molecule has 1 unspecified atom stereocenters. The van der Waals surface area contributed by atoms with Gasteiger partial charge in [0.05, 0.1) is 23.1 Å². The highest BCUT2D eigenvalue weighted by atomic mass is 32.1. The first-order chi connectivity index (χ1) is 14.9. The number of amides is 1. The third-order valence-electron chi connectivity index (χ3n) is 5.24. The summed E-state index contributed by atoms with van der Waals surface area (Å²) in [6.45, 7) is 0. The summed E-state index contributed by atoms with van der Waals surface area (Å²) in [5, 5.41) is 21.7. The molecule has 162 valence electrons. The number of carbonyl (C=O) groups is 2. The van der Waals surface area contributed by atoms with E-state index in [0.717, 1.165) is 29.7 Å². The van der Waals surface area contributed by atoms with E-state index in [1.807, 2.05) is 6.07 Å².